The van der Waals surface area contributed by atoms with Crippen molar-refractivity contribution in [3.8, 4) is 0 Å². The number of hydrogen-bond donors (Lipinski definition) is 2. The van der Waals surface area contributed by atoms with Gasteiger partial charge in [0.05, 0.1) is 5.57 Å². The summed E-state index contributed by atoms with van der Waals surface area (Å²) in [4.78, 5) is 22.3. The van der Waals surface area contributed by atoms with Gasteiger partial charge in [0, 0.05) is 18.5 Å². The van der Waals surface area contributed by atoms with Crippen LogP contribution in [0, 0.1) is 0 Å². The second-order valence-electron chi connectivity index (χ2n) is 3.64. The van der Waals surface area contributed by atoms with Crippen LogP contribution >= 0.6 is 0 Å². The van der Waals surface area contributed by atoms with Gasteiger partial charge in [-0.05, 0) is 5.56 Å². The number of carboxylic acid groups (broad SMARTS) is 1. The van der Waals surface area contributed by atoms with E-state index < -0.39 is 5.97 Å². The van der Waals surface area contributed by atoms with E-state index in [1.165, 1.54) is 6.20 Å². The highest BCUT2D eigenvalue weighted by molar-refractivity contribution is 5.93. The van der Waals surface area contributed by atoms with Gasteiger partial charge in [-0.25, -0.2) is 4.79 Å². The number of benzene rings is 1. The first-order valence-electron chi connectivity index (χ1n) is 4.96. The minimum atomic E-state index is -0.992. The molecule has 0 fully saturated rings. The van der Waals surface area contributed by atoms with E-state index in [2.05, 4.69) is 5.32 Å². The highest BCUT2D eigenvalue weighted by Gasteiger charge is 2.28. The van der Waals surface area contributed by atoms with Gasteiger partial charge < -0.3 is 10.4 Å². The average Bonchev–Trinajstić information content (AvgIpc) is 2.29. The van der Waals surface area contributed by atoms with Crippen LogP contribution in [0.25, 0.3) is 0 Å². The molecule has 0 bridgehead atoms. The van der Waals surface area contributed by atoms with Crippen molar-refractivity contribution >= 4 is 11.9 Å². The molecule has 0 saturated carbocycles. The van der Waals surface area contributed by atoms with Gasteiger partial charge in [-0.3, -0.25) is 4.79 Å². The first kappa shape index (κ1) is 10.4. The fraction of sp³-hybridized carbons (Fsp3) is 0.167. The third-order valence-corrected chi connectivity index (χ3v) is 2.60. The van der Waals surface area contributed by atoms with E-state index in [4.69, 9.17) is 5.11 Å². The van der Waals surface area contributed by atoms with E-state index in [-0.39, 0.29) is 23.8 Å². The lowest BCUT2D eigenvalue weighted by Crippen LogP contribution is -2.29. The maximum atomic E-state index is 11.3. The summed E-state index contributed by atoms with van der Waals surface area (Å²) in [6, 6.07) is 9.19. The lowest BCUT2D eigenvalue weighted by molar-refractivity contribution is -0.133. The summed E-state index contributed by atoms with van der Waals surface area (Å²) in [6.07, 6.45) is 1.47. The molecule has 1 atom stereocenters. The second-order valence-corrected chi connectivity index (χ2v) is 3.64. The second kappa shape index (κ2) is 4.18. The third kappa shape index (κ3) is 1.95. The lowest BCUT2D eigenvalue weighted by Gasteiger charge is -2.21. The van der Waals surface area contributed by atoms with Crippen molar-refractivity contribution in [3.63, 3.8) is 0 Å². The van der Waals surface area contributed by atoms with Gasteiger partial charge >= 0.3 is 5.97 Å². The zero-order valence-corrected chi connectivity index (χ0v) is 8.51. The molecule has 0 aliphatic carbocycles. The van der Waals surface area contributed by atoms with Crippen LogP contribution in [0.1, 0.15) is 17.9 Å². The molecule has 1 aliphatic rings. The summed E-state index contributed by atoms with van der Waals surface area (Å²) < 4.78 is 0. The molecule has 0 saturated heterocycles. The topological polar surface area (TPSA) is 66.4 Å². The molecule has 0 spiro atoms. The Morgan fingerprint density at radius 3 is 2.62 bits per heavy atom. The zero-order chi connectivity index (χ0) is 11.5. The Morgan fingerprint density at radius 2 is 2.00 bits per heavy atom. The van der Waals surface area contributed by atoms with Crippen molar-refractivity contribution in [2.45, 2.75) is 12.3 Å². The summed E-state index contributed by atoms with van der Waals surface area (Å²) in [7, 11) is 0. The predicted molar refractivity (Wildman–Crippen MR) is 57.7 cm³/mol. The normalized spacial score (nSPS) is 19.9. The van der Waals surface area contributed by atoms with Crippen LogP contribution in [0.3, 0.4) is 0 Å². The molecule has 1 aromatic rings. The summed E-state index contributed by atoms with van der Waals surface area (Å²) in [6.45, 7) is 0. The van der Waals surface area contributed by atoms with Crippen molar-refractivity contribution < 1.29 is 14.7 Å². The monoisotopic (exact) mass is 217 g/mol. The molecule has 1 aromatic carbocycles. The summed E-state index contributed by atoms with van der Waals surface area (Å²) in [5, 5.41) is 11.5. The van der Waals surface area contributed by atoms with Gasteiger partial charge in [0.25, 0.3) is 0 Å². The van der Waals surface area contributed by atoms with Crippen molar-refractivity contribution in [3.05, 3.63) is 47.7 Å². The smallest absolute Gasteiger partial charge is 0.333 e. The Labute approximate surface area is 92.6 Å². The number of hydrogen-bond acceptors (Lipinski definition) is 2. The molecule has 4 nitrogen and oxygen atoms in total. The van der Waals surface area contributed by atoms with E-state index in [1.807, 2.05) is 30.3 Å². The molecular weight excluding hydrogens is 206 g/mol. The van der Waals surface area contributed by atoms with Crippen molar-refractivity contribution in [2.75, 3.05) is 0 Å². The molecule has 0 unspecified atom stereocenters. The van der Waals surface area contributed by atoms with Crippen LogP contribution in [-0.4, -0.2) is 17.0 Å². The first-order chi connectivity index (χ1) is 7.68. The van der Waals surface area contributed by atoms with E-state index in [1.54, 1.807) is 0 Å². The van der Waals surface area contributed by atoms with Gasteiger partial charge in [-0.1, -0.05) is 30.3 Å². The van der Waals surface area contributed by atoms with E-state index in [0.717, 1.165) is 5.56 Å². The fourth-order valence-corrected chi connectivity index (χ4v) is 1.81. The Hall–Kier alpha value is -2.10. The largest absolute Gasteiger partial charge is 0.478 e. The molecule has 1 heterocycles. The zero-order valence-electron chi connectivity index (χ0n) is 8.51. The molecule has 2 rings (SSSR count). The molecule has 1 aliphatic heterocycles. The molecule has 4 heteroatoms. The highest BCUT2D eigenvalue weighted by atomic mass is 16.4. The Morgan fingerprint density at radius 1 is 1.31 bits per heavy atom. The van der Waals surface area contributed by atoms with Crippen molar-refractivity contribution in [1.82, 2.24) is 5.32 Å². The van der Waals surface area contributed by atoms with Crippen molar-refractivity contribution in [2.24, 2.45) is 0 Å². The summed E-state index contributed by atoms with van der Waals surface area (Å²) >= 11 is 0. The Kier molecular flexibility index (Phi) is 2.72. The van der Waals surface area contributed by atoms with Gasteiger partial charge in [0.1, 0.15) is 0 Å². The van der Waals surface area contributed by atoms with Gasteiger partial charge in [0.15, 0.2) is 0 Å². The minimum Gasteiger partial charge on any atom is -0.478 e. The van der Waals surface area contributed by atoms with Gasteiger partial charge in [0.2, 0.25) is 5.91 Å². The first-order valence-corrected chi connectivity index (χ1v) is 4.96. The number of amides is 1. The SMILES string of the molecule is O=C1C[C@@H](c2ccccc2)C(C(=O)O)=CN1. The number of carbonyl (C=O) groups excluding carboxylic acids is 1. The maximum absolute atomic E-state index is 11.3. The molecule has 0 aromatic heterocycles. The fourth-order valence-electron chi connectivity index (χ4n) is 1.81. The Bertz CT molecular complexity index is 451. The number of aliphatic carboxylic acids is 1. The van der Waals surface area contributed by atoms with Crippen LogP contribution in [-0.2, 0) is 9.59 Å². The third-order valence-electron chi connectivity index (χ3n) is 2.60. The van der Waals surface area contributed by atoms with Crippen LogP contribution in [0.4, 0.5) is 0 Å². The van der Waals surface area contributed by atoms with Gasteiger partial charge in [-0.15, -0.1) is 0 Å². The number of carbonyl (C=O) groups is 2. The van der Waals surface area contributed by atoms with E-state index in [0.29, 0.717) is 0 Å². The lowest BCUT2D eigenvalue weighted by atomic mass is 9.87. The standard InChI is InChI=1S/C12H11NO3/c14-11-6-9(8-4-2-1-3-5-8)10(7-13-11)12(15)16/h1-5,7,9H,6H2,(H,13,14)(H,15,16)/t9-/m0/s1. The molecule has 82 valence electrons. The number of nitrogens with one attached hydrogen (secondary N) is 1. The summed E-state index contributed by atoms with van der Waals surface area (Å²) in [5.41, 5.74) is 1.08. The molecular formula is C12H11NO3. The van der Waals surface area contributed by atoms with E-state index in [9.17, 15) is 9.59 Å². The van der Waals surface area contributed by atoms with Gasteiger partial charge in [-0.2, -0.15) is 0 Å². The van der Waals surface area contributed by atoms with Crippen molar-refractivity contribution in [1.29, 1.82) is 0 Å². The Balaban J connectivity index is 2.38. The summed E-state index contributed by atoms with van der Waals surface area (Å²) in [5.74, 6) is -1.50. The average molecular weight is 217 g/mol. The highest BCUT2D eigenvalue weighted by Crippen LogP contribution is 2.29. The van der Waals surface area contributed by atoms with Crippen LogP contribution in [0.5, 0.6) is 0 Å². The predicted octanol–water partition coefficient (Wildman–Crippen LogP) is 1.26. The molecule has 1 amide bonds. The molecule has 2 N–H and O–H groups in total. The number of rotatable bonds is 2. The van der Waals surface area contributed by atoms with Crippen LogP contribution < -0.4 is 5.32 Å². The van der Waals surface area contributed by atoms with Crippen LogP contribution in [0.2, 0.25) is 0 Å². The molecule has 0 radical (unpaired) electrons. The maximum Gasteiger partial charge on any atom is 0.333 e. The van der Waals surface area contributed by atoms with E-state index >= 15 is 0 Å². The van der Waals surface area contributed by atoms with Crippen LogP contribution in [0.15, 0.2) is 42.1 Å². The quantitative estimate of drug-likeness (QED) is 0.783. The minimum absolute atomic E-state index is 0.154. The number of carboxylic acids is 1. The molecule has 16 heavy (non-hydrogen) atoms.